The van der Waals surface area contributed by atoms with Crippen LogP contribution in [0.5, 0.6) is 0 Å². The van der Waals surface area contributed by atoms with Crippen molar-refractivity contribution in [3.05, 3.63) is 18.2 Å². The van der Waals surface area contributed by atoms with E-state index < -0.39 is 0 Å². The number of hydrogen-bond donors (Lipinski definition) is 1. The van der Waals surface area contributed by atoms with Gasteiger partial charge in [-0.3, -0.25) is 0 Å². The fourth-order valence-corrected chi connectivity index (χ4v) is 2.84. The molecule has 3 unspecified atom stereocenters. The van der Waals surface area contributed by atoms with Gasteiger partial charge in [0.05, 0.1) is 12.9 Å². The van der Waals surface area contributed by atoms with Gasteiger partial charge in [-0.2, -0.15) is 0 Å². The van der Waals surface area contributed by atoms with Gasteiger partial charge in [-0.25, -0.2) is 4.98 Å². The molecule has 2 rings (SSSR count). The highest BCUT2D eigenvalue weighted by atomic mass is 16.5. The predicted octanol–water partition coefficient (Wildman–Crippen LogP) is 2.18. The summed E-state index contributed by atoms with van der Waals surface area (Å²) in [6, 6.07) is 0.442. The van der Waals surface area contributed by atoms with Crippen molar-refractivity contribution in [1.29, 1.82) is 0 Å². The minimum atomic E-state index is 0.386. The molecule has 4 heteroatoms. The largest absolute Gasteiger partial charge is 0.381 e. The normalized spacial score (nSPS) is 23.5. The van der Waals surface area contributed by atoms with Crippen LogP contribution in [0.4, 0.5) is 0 Å². The van der Waals surface area contributed by atoms with Gasteiger partial charge in [0, 0.05) is 42.9 Å². The molecule has 4 nitrogen and oxygen atoms in total. The summed E-state index contributed by atoms with van der Waals surface area (Å²) in [7, 11) is 0. The minimum Gasteiger partial charge on any atom is -0.381 e. The van der Waals surface area contributed by atoms with Crippen molar-refractivity contribution in [3.63, 3.8) is 0 Å². The van der Waals surface area contributed by atoms with Gasteiger partial charge in [-0.05, 0) is 19.3 Å². The van der Waals surface area contributed by atoms with Crippen molar-refractivity contribution in [2.24, 2.45) is 17.6 Å². The first-order chi connectivity index (χ1) is 8.65. The molecule has 102 valence electrons. The van der Waals surface area contributed by atoms with Crippen LogP contribution >= 0.6 is 0 Å². The zero-order valence-electron chi connectivity index (χ0n) is 11.7. The van der Waals surface area contributed by atoms with Crippen LogP contribution in [0.3, 0.4) is 0 Å². The first-order valence-electron chi connectivity index (χ1n) is 6.94. The van der Waals surface area contributed by atoms with Crippen molar-refractivity contribution in [3.8, 4) is 0 Å². The van der Waals surface area contributed by atoms with Gasteiger partial charge in [-0.1, -0.05) is 13.8 Å². The van der Waals surface area contributed by atoms with Gasteiger partial charge >= 0.3 is 0 Å². The van der Waals surface area contributed by atoms with E-state index in [1.54, 1.807) is 0 Å². The Balaban J connectivity index is 2.20. The number of imidazole rings is 1. The van der Waals surface area contributed by atoms with E-state index in [9.17, 15) is 0 Å². The van der Waals surface area contributed by atoms with E-state index in [1.165, 1.54) is 5.69 Å². The van der Waals surface area contributed by atoms with Crippen LogP contribution in [0.15, 0.2) is 12.5 Å². The summed E-state index contributed by atoms with van der Waals surface area (Å²) in [4.78, 5) is 4.33. The Kier molecular flexibility index (Phi) is 4.40. The maximum Gasteiger partial charge on any atom is 0.0950 e. The van der Waals surface area contributed by atoms with Crippen LogP contribution < -0.4 is 5.73 Å². The number of hydrogen-bond acceptors (Lipinski definition) is 3. The lowest BCUT2D eigenvalue weighted by Crippen LogP contribution is -2.24. The SMILES string of the molecule is CC(C)C(CN)c1cncn1C(C)C1CCOC1. The third-order valence-corrected chi connectivity index (χ3v) is 4.22. The lowest BCUT2D eigenvalue weighted by atomic mass is 9.91. The second-order valence-corrected chi connectivity index (χ2v) is 5.68. The predicted molar refractivity (Wildman–Crippen MR) is 72.5 cm³/mol. The summed E-state index contributed by atoms with van der Waals surface area (Å²) in [5.41, 5.74) is 7.19. The summed E-state index contributed by atoms with van der Waals surface area (Å²) >= 11 is 0. The highest BCUT2D eigenvalue weighted by Crippen LogP contribution is 2.31. The van der Waals surface area contributed by atoms with Crippen LogP contribution in [0.25, 0.3) is 0 Å². The zero-order chi connectivity index (χ0) is 13.1. The number of nitrogens with two attached hydrogens (primary N) is 1. The third kappa shape index (κ3) is 2.59. The Morgan fingerprint density at radius 2 is 2.28 bits per heavy atom. The highest BCUT2D eigenvalue weighted by Gasteiger charge is 2.27. The van der Waals surface area contributed by atoms with Crippen molar-refractivity contribution < 1.29 is 4.74 Å². The molecular weight excluding hydrogens is 226 g/mol. The quantitative estimate of drug-likeness (QED) is 0.872. The number of nitrogens with zero attached hydrogens (tertiary/aromatic N) is 2. The van der Waals surface area contributed by atoms with Crippen molar-refractivity contribution in [2.45, 2.75) is 39.2 Å². The summed E-state index contributed by atoms with van der Waals surface area (Å²) in [5, 5.41) is 0. The summed E-state index contributed by atoms with van der Waals surface area (Å²) in [5.74, 6) is 1.53. The topological polar surface area (TPSA) is 53.1 Å². The highest BCUT2D eigenvalue weighted by molar-refractivity contribution is 5.09. The minimum absolute atomic E-state index is 0.386. The molecule has 0 amide bonds. The van der Waals surface area contributed by atoms with Gasteiger partial charge in [0.1, 0.15) is 0 Å². The Morgan fingerprint density at radius 3 is 2.83 bits per heavy atom. The van der Waals surface area contributed by atoms with E-state index in [0.29, 0.717) is 30.3 Å². The van der Waals surface area contributed by atoms with Gasteiger partial charge in [0.15, 0.2) is 0 Å². The lowest BCUT2D eigenvalue weighted by Gasteiger charge is -2.26. The van der Waals surface area contributed by atoms with Crippen LogP contribution in [-0.4, -0.2) is 29.3 Å². The molecule has 3 atom stereocenters. The number of aromatic nitrogens is 2. The van der Waals surface area contributed by atoms with Crippen LogP contribution in [0.1, 0.15) is 44.8 Å². The molecule has 1 saturated heterocycles. The Hall–Kier alpha value is -0.870. The molecule has 0 spiro atoms. The van der Waals surface area contributed by atoms with E-state index in [2.05, 4.69) is 30.3 Å². The standard InChI is InChI=1S/C14H25N3O/c1-10(2)13(6-15)14-7-16-9-17(14)11(3)12-4-5-18-8-12/h7,9-13H,4-6,8,15H2,1-3H3. The van der Waals surface area contributed by atoms with Crippen molar-refractivity contribution in [1.82, 2.24) is 9.55 Å². The summed E-state index contributed by atoms with van der Waals surface area (Å²) < 4.78 is 7.79. The van der Waals surface area contributed by atoms with E-state index in [4.69, 9.17) is 10.5 Å². The molecule has 1 aliphatic rings. The van der Waals surface area contributed by atoms with Crippen LogP contribution in [0.2, 0.25) is 0 Å². The summed E-state index contributed by atoms with van der Waals surface area (Å²) in [6.45, 7) is 9.14. The second kappa shape index (κ2) is 5.85. The fraction of sp³-hybridized carbons (Fsp3) is 0.786. The van der Waals surface area contributed by atoms with Crippen LogP contribution in [-0.2, 0) is 4.74 Å². The molecule has 1 fully saturated rings. The third-order valence-electron chi connectivity index (χ3n) is 4.22. The van der Waals surface area contributed by atoms with Crippen molar-refractivity contribution >= 4 is 0 Å². The zero-order valence-corrected chi connectivity index (χ0v) is 11.7. The average Bonchev–Trinajstić information content (AvgIpc) is 3.00. The van der Waals surface area contributed by atoms with Crippen LogP contribution in [0, 0.1) is 11.8 Å². The molecule has 18 heavy (non-hydrogen) atoms. The van der Waals surface area contributed by atoms with Gasteiger partial charge < -0.3 is 15.0 Å². The maximum atomic E-state index is 5.92. The van der Waals surface area contributed by atoms with Gasteiger partial charge in [0.2, 0.25) is 0 Å². The molecule has 0 bridgehead atoms. The first-order valence-corrected chi connectivity index (χ1v) is 6.94. The summed E-state index contributed by atoms with van der Waals surface area (Å²) in [6.07, 6.45) is 5.07. The molecule has 1 aromatic heterocycles. The molecule has 1 aliphatic heterocycles. The van der Waals surface area contributed by atoms with Gasteiger partial charge in [0.25, 0.3) is 0 Å². The second-order valence-electron chi connectivity index (χ2n) is 5.68. The molecule has 2 heterocycles. The van der Waals surface area contributed by atoms with Gasteiger partial charge in [-0.15, -0.1) is 0 Å². The maximum absolute atomic E-state index is 5.92. The fourth-order valence-electron chi connectivity index (χ4n) is 2.84. The average molecular weight is 251 g/mol. The molecule has 1 aromatic rings. The molecule has 0 radical (unpaired) electrons. The Bertz CT molecular complexity index is 369. The Morgan fingerprint density at radius 1 is 1.50 bits per heavy atom. The smallest absolute Gasteiger partial charge is 0.0950 e. The molecule has 2 N–H and O–H groups in total. The molecular formula is C14H25N3O. The van der Waals surface area contributed by atoms with E-state index in [1.807, 2.05) is 12.5 Å². The number of rotatable bonds is 5. The molecule has 0 aromatic carbocycles. The first kappa shape index (κ1) is 13.6. The van der Waals surface area contributed by atoms with E-state index >= 15 is 0 Å². The van der Waals surface area contributed by atoms with E-state index in [-0.39, 0.29) is 0 Å². The van der Waals surface area contributed by atoms with E-state index in [0.717, 1.165) is 19.6 Å². The Labute approximate surface area is 110 Å². The monoisotopic (exact) mass is 251 g/mol. The number of ether oxygens (including phenoxy) is 1. The molecule has 0 saturated carbocycles. The van der Waals surface area contributed by atoms with Crippen molar-refractivity contribution in [2.75, 3.05) is 19.8 Å². The molecule has 0 aliphatic carbocycles. The lowest BCUT2D eigenvalue weighted by molar-refractivity contribution is 0.174.